The Morgan fingerprint density at radius 1 is 1.25 bits per heavy atom. The number of likely N-dealkylation sites (tertiary alicyclic amines) is 1. The molecule has 1 atom stereocenters. The van der Waals surface area contributed by atoms with Crippen LogP contribution in [0.25, 0.3) is 0 Å². The fourth-order valence-electron chi connectivity index (χ4n) is 4.45. The Bertz CT molecular complexity index is 641. The molecule has 0 aromatic carbocycles. The summed E-state index contributed by atoms with van der Waals surface area (Å²) in [7, 11) is 3.57. The van der Waals surface area contributed by atoms with Crippen molar-refractivity contribution in [3.05, 3.63) is 17.0 Å². The molecule has 1 unspecified atom stereocenters. The van der Waals surface area contributed by atoms with Gasteiger partial charge in [-0.1, -0.05) is 12.8 Å². The molecular formula is C20H37IN6O. The van der Waals surface area contributed by atoms with Crippen LogP contribution in [0.5, 0.6) is 0 Å². The van der Waals surface area contributed by atoms with Crippen LogP contribution in [0.4, 0.5) is 0 Å². The maximum absolute atomic E-state index is 5.18. The van der Waals surface area contributed by atoms with E-state index in [1.807, 2.05) is 11.7 Å². The molecule has 7 nitrogen and oxygen atoms in total. The van der Waals surface area contributed by atoms with Crippen molar-refractivity contribution in [1.82, 2.24) is 25.3 Å². The molecule has 2 N–H and O–H groups in total. The van der Waals surface area contributed by atoms with E-state index in [2.05, 4.69) is 39.5 Å². The minimum Gasteiger partial charge on any atom is -0.383 e. The summed E-state index contributed by atoms with van der Waals surface area (Å²) in [6, 6.07) is 1.30. The number of ether oxygens (including phenoxy) is 1. The molecule has 0 radical (unpaired) electrons. The van der Waals surface area contributed by atoms with Crippen molar-refractivity contribution in [3.8, 4) is 0 Å². The molecule has 1 aliphatic heterocycles. The second-order valence-corrected chi connectivity index (χ2v) is 7.85. The summed E-state index contributed by atoms with van der Waals surface area (Å²) in [6.45, 7) is 8.75. The van der Waals surface area contributed by atoms with Crippen molar-refractivity contribution in [2.45, 2.75) is 71.1 Å². The second kappa shape index (κ2) is 11.3. The lowest BCUT2D eigenvalue weighted by atomic mass is 10.2. The Kier molecular flexibility index (Phi) is 9.49. The number of halogens is 1. The average molecular weight is 504 g/mol. The van der Waals surface area contributed by atoms with E-state index in [0.717, 1.165) is 37.3 Å². The van der Waals surface area contributed by atoms with Crippen molar-refractivity contribution in [3.63, 3.8) is 0 Å². The summed E-state index contributed by atoms with van der Waals surface area (Å²) in [5.74, 6) is 0.886. The first-order valence-corrected chi connectivity index (χ1v) is 10.4. The number of rotatable bonds is 7. The number of hydrogen-bond donors (Lipinski definition) is 2. The third-order valence-electron chi connectivity index (χ3n) is 6.10. The van der Waals surface area contributed by atoms with Gasteiger partial charge in [0, 0.05) is 57.1 Å². The molecule has 1 aromatic heterocycles. The lowest BCUT2D eigenvalue weighted by Gasteiger charge is -2.24. The summed E-state index contributed by atoms with van der Waals surface area (Å²) in [4.78, 5) is 7.11. The largest absolute Gasteiger partial charge is 0.383 e. The first-order valence-electron chi connectivity index (χ1n) is 10.4. The van der Waals surface area contributed by atoms with Crippen molar-refractivity contribution in [1.29, 1.82) is 0 Å². The number of guanidine groups is 1. The van der Waals surface area contributed by atoms with Gasteiger partial charge in [-0.3, -0.25) is 14.6 Å². The van der Waals surface area contributed by atoms with E-state index in [9.17, 15) is 0 Å². The molecule has 0 amide bonds. The molecule has 1 saturated heterocycles. The monoisotopic (exact) mass is 504 g/mol. The van der Waals surface area contributed by atoms with Gasteiger partial charge in [0.25, 0.3) is 0 Å². The number of hydrogen-bond acceptors (Lipinski definition) is 4. The molecule has 1 saturated carbocycles. The number of aliphatic imine (C=N–C) groups is 1. The fraction of sp³-hybridized carbons (Fsp3) is 0.800. The molecule has 2 fully saturated rings. The van der Waals surface area contributed by atoms with Crippen LogP contribution in [0, 0.1) is 13.8 Å². The minimum absolute atomic E-state index is 0. The SMILES string of the molecule is CN=C(NCc1c(C)nn(CCOC)c1C)NC1CCN(C2CCCC2)C1.I. The molecule has 2 aliphatic rings. The molecule has 0 bridgehead atoms. The van der Waals surface area contributed by atoms with Gasteiger partial charge in [0.1, 0.15) is 0 Å². The van der Waals surface area contributed by atoms with Crippen molar-refractivity contribution in [2.75, 3.05) is 33.9 Å². The van der Waals surface area contributed by atoms with E-state index in [1.54, 1.807) is 7.11 Å². The Balaban J connectivity index is 0.00000280. The topological polar surface area (TPSA) is 66.7 Å². The smallest absolute Gasteiger partial charge is 0.191 e. The zero-order valence-corrected chi connectivity index (χ0v) is 20.2. The maximum atomic E-state index is 5.18. The predicted molar refractivity (Wildman–Crippen MR) is 125 cm³/mol. The number of methoxy groups -OCH3 is 1. The van der Waals surface area contributed by atoms with Gasteiger partial charge >= 0.3 is 0 Å². The minimum atomic E-state index is 0. The highest BCUT2D eigenvalue weighted by molar-refractivity contribution is 14.0. The van der Waals surface area contributed by atoms with Gasteiger partial charge < -0.3 is 15.4 Å². The summed E-state index contributed by atoms with van der Waals surface area (Å²) in [5, 5.41) is 11.7. The highest BCUT2D eigenvalue weighted by atomic mass is 127. The highest BCUT2D eigenvalue weighted by Gasteiger charge is 2.30. The van der Waals surface area contributed by atoms with E-state index in [-0.39, 0.29) is 24.0 Å². The van der Waals surface area contributed by atoms with Gasteiger partial charge in [0.2, 0.25) is 0 Å². The van der Waals surface area contributed by atoms with Gasteiger partial charge in [-0.15, -0.1) is 24.0 Å². The standard InChI is InChI=1S/C20H36N6O.HI/c1-15-19(16(2)26(24-15)11-12-27-4)13-22-20(21-3)23-17-9-10-25(14-17)18-7-5-6-8-18;/h17-18H,5-14H2,1-4H3,(H2,21,22,23);1H. The molecule has 0 spiro atoms. The van der Waals surface area contributed by atoms with Gasteiger partial charge in [-0.05, 0) is 33.1 Å². The highest BCUT2D eigenvalue weighted by Crippen LogP contribution is 2.26. The van der Waals surface area contributed by atoms with Crippen molar-refractivity contribution < 1.29 is 4.74 Å². The molecule has 1 aliphatic carbocycles. The van der Waals surface area contributed by atoms with E-state index >= 15 is 0 Å². The van der Waals surface area contributed by atoms with E-state index in [4.69, 9.17) is 4.74 Å². The van der Waals surface area contributed by atoms with Gasteiger partial charge in [0.15, 0.2) is 5.96 Å². The Morgan fingerprint density at radius 3 is 2.68 bits per heavy atom. The van der Waals surface area contributed by atoms with Crippen molar-refractivity contribution >= 4 is 29.9 Å². The zero-order chi connectivity index (χ0) is 19.2. The lowest BCUT2D eigenvalue weighted by Crippen LogP contribution is -2.45. The average Bonchev–Trinajstić information content (AvgIpc) is 3.39. The first-order chi connectivity index (χ1) is 13.1. The van der Waals surface area contributed by atoms with Crippen LogP contribution in [0.3, 0.4) is 0 Å². The van der Waals surface area contributed by atoms with Crippen LogP contribution in [-0.2, 0) is 17.8 Å². The third-order valence-corrected chi connectivity index (χ3v) is 6.10. The Morgan fingerprint density at radius 2 is 2.00 bits per heavy atom. The Hall–Kier alpha value is -0.870. The van der Waals surface area contributed by atoms with E-state index in [0.29, 0.717) is 12.6 Å². The van der Waals surface area contributed by atoms with Gasteiger partial charge in [-0.25, -0.2) is 0 Å². The normalized spacial score (nSPS) is 21.1. The Labute approximate surface area is 186 Å². The molecule has 28 heavy (non-hydrogen) atoms. The van der Waals surface area contributed by atoms with Crippen LogP contribution in [0.2, 0.25) is 0 Å². The number of nitrogens with one attached hydrogen (secondary N) is 2. The molecule has 160 valence electrons. The quantitative estimate of drug-likeness (QED) is 0.339. The second-order valence-electron chi connectivity index (χ2n) is 7.85. The van der Waals surface area contributed by atoms with Crippen LogP contribution < -0.4 is 10.6 Å². The van der Waals surface area contributed by atoms with E-state index < -0.39 is 0 Å². The van der Waals surface area contributed by atoms with Crippen molar-refractivity contribution in [2.24, 2.45) is 4.99 Å². The maximum Gasteiger partial charge on any atom is 0.191 e. The summed E-state index contributed by atoms with van der Waals surface area (Å²) < 4.78 is 7.21. The summed E-state index contributed by atoms with van der Waals surface area (Å²) >= 11 is 0. The summed E-state index contributed by atoms with van der Waals surface area (Å²) in [5.41, 5.74) is 3.51. The molecule has 1 aromatic rings. The third kappa shape index (κ3) is 5.82. The number of aryl methyl sites for hydroxylation is 1. The molecule has 2 heterocycles. The van der Waals surface area contributed by atoms with Crippen LogP contribution >= 0.6 is 24.0 Å². The lowest BCUT2D eigenvalue weighted by molar-refractivity contribution is 0.182. The molecular weight excluding hydrogens is 467 g/mol. The zero-order valence-electron chi connectivity index (χ0n) is 17.8. The van der Waals surface area contributed by atoms with Crippen LogP contribution in [0.1, 0.15) is 49.1 Å². The first kappa shape index (κ1) is 23.4. The molecule has 8 heteroatoms. The fourth-order valence-corrected chi connectivity index (χ4v) is 4.45. The van der Waals surface area contributed by atoms with Gasteiger partial charge in [-0.2, -0.15) is 5.10 Å². The summed E-state index contributed by atoms with van der Waals surface area (Å²) in [6.07, 6.45) is 6.76. The van der Waals surface area contributed by atoms with Crippen LogP contribution in [-0.4, -0.2) is 66.6 Å². The number of aromatic nitrogens is 2. The number of nitrogens with zero attached hydrogens (tertiary/aromatic N) is 4. The van der Waals surface area contributed by atoms with Gasteiger partial charge in [0.05, 0.1) is 18.8 Å². The van der Waals surface area contributed by atoms with Crippen LogP contribution in [0.15, 0.2) is 4.99 Å². The van der Waals surface area contributed by atoms with E-state index in [1.165, 1.54) is 49.9 Å². The predicted octanol–water partition coefficient (Wildman–Crippen LogP) is 2.45. The molecule has 3 rings (SSSR count).